The Labute approximate surface area is 155 Å². The zero-order valence-electron chi connectivity index (χ0n) is 14.4. The summed E-state index contributed by atoms with van der Waals surface area (Å²) >= 11 is 0. The van der Waals surface area contributed by atoms with Crippen molar-refractivity contribution in [2.45, 2.75) is 19.3 Å². The number of fused-ring (bicyclic) bond motifs is 2. The molecule has 0 saturated carbocycles. The van der Waals surface area contributed by atoms with E-state index in [9.17, 15) is 19.2 Å². The summed E-state index contributed by atoms with van der Waals surface area (Å²) in [4.78, 5) is 55.4. The molecule has 0 fully saturated rings. The highest BCUT2D eigenvalue weighted by molar-refractivity contribution is 6.20. The number of hydrogen-bond donors (Lipinski definition) is 0. The maximum absolute atomic E-state index is 12.2. The number of hydroxylamine groups is 2. The Morgan fingerprint density at radius 3 is 2.22 bits per heavy atom. The Morgan fingerprint density at radius 1 is 0.889 bits per heavy atom. The van der Waals surface area contributed by atoms with Gasteiger partial charge in [0.1, 0.15) is 0 Å². The molecule has 0 bridgehead atoms. The normalized spacial score (nSPS) is 15.6. The van der Waals surface area contributed by atoms with Crippen LogP contribution in [0, 0.1) is 0 Å². The summed E-state index contributed by atoms with van der Waals surface area (Å²) in [6.07, 6.45) is 0.920. The molecule has 7 nitrogen and oxygen atoms in total. The van der Waals surface area contributed by atoms with Crippen LogP contribution in [-0.4, -0.2) is 35.3 Å². The van der Waals surface area contributed by atoms with E-state index in [4.69, 9.17) is 4.84 Å². The lowest BCUT2D eigenvalue weighted by molar-refractivity contribution is -0.168. The molecule has 0 radical (unpaired) electrons. The third kappa shape index (κ3) is 2.97. The van der Waals surface area contributed by atoms with Crippen molar-refractivity contribution >= 4 is 29.4 Å². The average molecular weight is 364 g/mol. The van der Waals surface area contributed by atoms with Gasteiger partial charge in [0.25, 0.3) is 11.8 Å². The van der Waals surface area contributed by atoms with Gasteiger partial charge < -0.3 is 9.74 Å². The number of anilines is 1. The molecule has 27 heavy (non-hydrogen) atoms. The Morgan fingerprint density at radius 2 is 1.52 bits per heavy atom. The van der Waals surface area contributed by atoms with Gasteiger partial charge in [0.15, 0.2) is 0 Å². The molecule has 0 unspecified atom stereocenters. The maximum atomic E-state index is 12.2. The Balaban J connectivity index is 1.42. The molecule has 2 aromatic carbocycles. The van der Waals surface area contributed by atoms with Crippen molar-refractivity contribution in [1.82, 2.24) is 5.06 Å². The predicted octanol–water partition coefficient (Wildman–Crippen LogP) is 2.11. The van der Waals surface area contributed by atoms with E-state index < -0.39 is 17.8 Å². The van der Waals surface area contributed by atoms with E-state index >= 15 is 0 Å². The van der Waals surface area contributed by atoms with Crippen molar-refractivity contribution in [3.8, 4) is 0 Å². The van der Waals surface area contributed by atoms with Crippen LogP contribution in [0.2, 0.25) is 0 Å². The molecule has 2 aromatic rings. The number of hydrogen-bond acceptors (Lipinski definition) is 5. The predicted molar refractivity (Wildman–Crippen MR) is 94.8 cm³/mol. The van der Waals surface area contributed by atoms with E-state index in [0.717, 1.165) is 11.3 Å². The fraction of sp³-hybridized carbons (Fsp3) is 0.200. The van der Waals surface area contributed by atoms with Gasteiger partial charge in [-0.1, -0.05) is 35.4 Å². The summed E-state index contributed by atoms with van der Waals surface area (Å²) in [6.45, 7) is 0.123. The third-order valence-corrected chi connectivity index (χ3v) is 4.68. The first-order chi connectivity index (χ1) is 13.1. The lowest BCUT2D eigenvalue weighted by Gasteiger charge is -2.29. The molecule has 7 heteroatoms. The quantitative estimate of drug-likeness (QED) is 0.776. The zero-order chi connectivity index (χ0) is 19.0. The van der Waals surface area contributed by atoms with Gasteiger partial charge in [-0.2, -0.15) is 0 Å². The number of carbonyl (C=O) groups excluding carboxylic acids is 4. The summed E-state index contributed by atoms with van der Waals surface area (Å²) in [5.41, 5.74) is 2.24. The first-order valence-corrected chi connectivity index (χ1v) is 8.63. The largest absolute Gasteiger partial charge is 0.335 e. The number of imide groups is 1. The minimum absolute atomic E-state index is 0.0674. The Bertz CT molecular complexity index is 933. The highest BCUT2D eigenvalue weighted by Crippen LogP contribution is 2.28. The summed E-state index contributed by atoms with van der Waals surface area (Å²) in [5.74, 6) is -2.14. The van der Waals surface area contributed by atoms with E-state index in [1.165, 1.54) is 12.1 Å². The molecule has 0 aromatic heterocycles. The van der Waals surface area contributed by atoms with E-state index in [1.807, 2.05) is 24.3 Å². The molecule has 0 N–H and O–H groups in total. The Hall–Kier alpha value is -3.48. The van der Waals surface area contributed by atoms with Crippen LogP contribution in [0.4, 0.5) is 5.69 Å². The van der Waals surface area contributed by atoms with E-state index in [0.29, 0.717) is 17.9 Å². The smallest absolute Gasteiger partial charge is 0.330 e. The molecule has 0 spiro atoms. The van der Waals surface area contributed by atoms with Gasteiger partial charge in [-0.15, -0.1) is 0 Å². The van der Waals surface area contributed by atoms with Gasteiger partial charge in [-0.25, -0.2) is 4.79 Å². The van der Waals surface area contributed by atoms with Gasteiger partial charge >= 0.3 is 5.97 Å². The number of benzene rings is 2. The summed E-state index contributed by atoms with van der Waals surface area (Å²) < 4.78 is 0. The lowest BCUT2D eigenvalue weighted by atomic mass is 10.0. The van der Waals surface area contributed by atoms with Crippen molar-refractivity contribution in [3.63, 3.8) is 0 Å². The molecule has 0 aliphatic carbocycles. The number of carbonyl (C=O) groups is 4. The van der Waals surface area contributed by atoms with Crippen molar-refractivity contribution < 1.29 is 24.0 Å². The molecule has 2 aliphatic heterocycles. The van der Waals surface area contributed by atoms with Gasteiger partial charge in [0, 0.05) is 18.7 Å². The molecular weight excluding hydrogens is 348 g/mol. The number of nitrogens with zero attached hydrogens (tertiary/aromatic N) is 2. The maximum Gasteiger partial charge on any atom is 0.335 e. The standard InChI is InChI=1S/C20H16N2O5/c23-17-10-9-13-5-1-4-8-16(13)21(17)12-11-18(24)27-22-19(25)14-6-2-3-7-15(14)20(22)26/h1-8H,9-12H2. The molecule has 0 saturated heterocycles. The highest BCUT2D eigenvalue weighted by atomic mass is 16.7. The molecule has 0 atom stereocenters. The molecule has 3 amide bonds. The first kappa shape index (κ1) is 17.0. The first-order valence-electron chi connectivity index (χ1n) is 8.63. The molecule has 4 rings (SSSR count). The van der Waals surface area contributed by atoms with Crippen molar-refractivity contribution in [3.05, 3.63) is 65.2 Å². The van der Waals surface area contributed by atoms with Crippen LogP contribution < -0.4 is 4.90 Å². The van der Waals surface area contributed by atoms with Crippen molar-refractivity contribution in [1.29, 1.82) is 0 Å². The van der Waals surface area contributed by atoms with Gasteiger partial charge in [0.2, 0.25) is 5.91 Å². The lowest BCUT2D eigenvalue weighted by Crippen LogP contribution is -2.38. The van der Waals surface area contributed by atoms with Gasteiger partial charge in [-0.05, 0) is 30.2 Å². The van der Waals surface area contributed by atoms with E-state index in [1.54, 1.807) is 17.0 Å². The number of amides is 3. The Kier molecular flexibility index (Phi) is 4.19. The second-order valence-electron chi connectivity index (χ2n) is 6.34. The van der Waals surface area contributed by atoms with Crippen LogP contribution in [0.25, 0.3) is 0 Å². The van der Waals surface area contributed by atoms with E-state index in [2.05, 4.69) is 0 Å². The topological polar surface area (TPSA) is 84.0 Å². The van der Waals surface area contributed by atoms with Gasteiger partial charge in [0.05, 0.1) is 17.5 Å². The van der Waals surface area contributed by atoms with Crippen LogP contribution in [0.1, 0.15) is 39.1 Å². The molecule has 2 heterocycles. The summed E-state index contributed by atoms with van der Waals surface area (Å²) in [7, 11) is 0. The van der Waals surface area contributed by atoms with E-state index in [-0.39, 0.29) is 30.0 Å². The fourth-order valence-corrected chi connectivity index (χ4v) is 3.34. The van der Waals surface area contributed by atoms with Crippen LogP contribution in [-0.2, 0) is 20.8 Å². The van der Waals surface area contributed by atoms with Crippen molar-refractivity contribution in [2.24, 2.45) is 0 Å². The average Bonchev–Trinajstić information content (AvgIpc) is 2.92. The summed E-state index contributed by atoms with van der Waals surface area (Å²) in [6, 6.07) is 13.8. The monoisotopic (exact) mass is 364 g/mol. The highest BCUT2D eigenvalue weighted by Gasteiger charge is 2.38. The number of aryl methyl sites for hydroxylation is 1. The molecular formula is C20H16N2O5. The van der Waals surface area contributed by atoms with Crippen LogP contribution in [0.15, 0.2) is 48.5 Å². The third-order valence-electron chi connectivity index (χ3n) is 4.68. The molecule has 2 aliphatic rings. The number of rotatable bonds is 4. The summed E-state index contributed by atoms with van der Waals surface area (Å²) in [5, 5.41) is 0.485. The minimum Gasteiger partial charge on any atom is -0.330 e. The van der Waals surface area contributed by atoms with Crippen LogP contribution >= 0.6 is 0 Å². The van der Waals surface area contributed by atoms with Crippen LogP contribution in [0.5, 0.6) is 0 Å². The number of para-hydroxylation sites is 1. The second-order valence-corrected chi connectivity index (χ2v) is 6.34. The minimum atomic E-state index is -0.750. The zero-order valence-corrected chi connectivity index (χ0v) is 14.4. The fourth-order valence-electron chi connectivity index (χ4n) is 3.34. The SMILES string of the molecule is O=C(CCN1C(=O)CCc2ccccc21)ON1C(=O)c2ccccc2C1=O. The second kappa shape index (κ2) is 6.68. The van der Waals surface area contributed by atoms with Crippen LogP contribution in [0.3, 0.4) is 0 Å². The molecule has 136 valence electrons. The van der Waals surface area contributed by atoms with Gasteiger partial charge in [-0.3, -0.25) is 14.4 Å². The van der Waals surface area contributed by atoms with Crippen molar-refractivity contribution in [2.75, 3.05) is 11.4 Å².